The minimum atomic E-state index is -0.635. The number of nitrogens with zero attached hydrogens (tertiary/aromatic N) is 1. The molecule has 0 atom stereocenters. The van der Waals surface area contributed by atoms with Crippen LogP contribution in [0, 0.1) is 15.9 Å². The van der Waals surface area contributed by atoms with Crippen molar-refractivity contribution in [1.82, 2.24) is 5.32 Å². The number of nitrogens with one attached hydrogen (secondary N) is 1. The molecular formula is C15H15FN2O3. The number of para-hydroxylation sites is 1. The molecule has 0 saturated carbocycles. The van der Waals surface area contributed by atoms with E-state index in [1.807, 2.05) is 0 Å². The van der Waals surface area contributed by atoms with Crippen molar-refractivity contribution in [3.05, 3.63) is 69.5 Å². The fraction of sp³-hybridized carbons (Fsp3) is 0.200. The lowest BCUT2D eigenvalue weighted by atomic mass is 10.1. The van der Waals surface area contributed by atoms with E-state index in [0.29, 0.717) is 25.1 Å². The van der Waals surface area contributed by atoms with Crippen molar-refractivity contribution in [2.45, 2.75) is 13.0 Å². The van der Waals surface area contributed by atoms with E-state index in [4.69, 9.17) is 0 Å². The molecule has 2 aromatic carbocycles. The Hall–Kier alpha value is -2.47. The summed E-state index contributed by atoms with van der Waals surface area (Å²) in [6.45, 7) is 0.977. The standard InChI is InChI=1S/C15H15FN2O3/c16-14-3-1-2-12(15(14)19)10-17-9-8-11-4-6-13(7-5-11)18(20)21/h1-7,17,19H,8-10H2. The lowest BCUT2D eigenvalue weighted by molar-refractivity contribution is -0.384. The van der Waals surface area contributed by atoms with Gasteiger partial charge in [0.2, 0.25) is 0 Å². The second kappa shape index (κ2) is 6.81. The Morgan fingerprint density at radius 3 is 2.57 bits per heavy atom. The van der Waals surface area contributed by atoms with Gasteiger partial charge >= 0.3 is 0 Å². The van der Waals surface area contributed by atoms with Crippen molar-refractivity contribution >= 4 is 5.69 Å². The SMILES string of the molecule is O=[N+]([O-])c1ccc(CCNCc2cccc(F)c2O)cc1. The quantitative estimate of drug-likeness (QED) is 0.487. The third-order valence-corrected chi connectivity index (χ3v) is 3.12. The van der Waals surface area contributed by atoms with E-state index in [0.717, 1.165) is 5.56 Å². The fourth-order valence-corrected chi connectivity index (χ4v) is 1.94. The molecule has 5 nitrogen and oxygen atoms in total. The van der Waals surface area contributed by atoms with Crippen LogP contribution in [0.5, 0.6) is 5.75 Å². The summed E-state index contributed by atoms with van der Waals surface area (Å²) >= 11 is 0. The van der Waals surface area contributed by atoms with E-state index in [9.17, 15) is 19.6 Å². The molecule has 0 heterocycles. The minimum absolute atomic E-state index is 0.0661. The molecule has 2 N–H and O–H groups in total. The molecule has 0 spiro atoms. The number of rotatable bonds is 6. The monoisotopic (exact) mass is 290 g/mol. The van der Waals surface area contributed by atoms with Crippen LogP contribution in [0.4, 0.5) is 10.1 Å². The third kappa shape index (κ3) is 4.00. The second-order valence-corrected chi connectivity index (χ2v) is 4.60. The summed E-state index contributed by atoms with van der Waals surface area (Å²) in [4.78, 5) is 10.1. The van der Waals surface area contributed by atoms with Gasteiger partial charge in [-0.05, 0) is 24.6 Å². The number of phenolic OH excluding ortho intramolecular Hbond substituents is 1. The van der Waals surface area contributed by atoms with Gasteiger partial charge in [-0.1, -0.05) is 24.3 Å². The molecule has 0 unspecified atom stereocenters. The number of aromatic hydroxyl groups is 1. The Balaban J connectivity index is 1.82. The molecular weight excluding hydrogens is 275 g/mol. The number of hydrogen-bond donors (Lipinski definition) is 2. The van der Waals surface area contributed by atoms with Crippen molar-refractivity contribution in [3.8, 4) is 5.75 Å². The van der Waals surface area contributed by atoms with E-state index >= 15 is 0 Å². The smallest absolute Gasteiger partial charge is 0.269 e. The zero-order valence-corrected chi connectivity index (χ0v) is 11.3. The first-order chi connectivity index (χ1) is 10.1. The molecule has 21 heavy (non-hydrogen) atoms. The zero-order valence-electron chi connectivity index (χ0n) is 11.3. The Kier molecular flexibility index (Phi) is 4.84. The minimum Gasteiger partial charge on any atom is -0.505 e. The van der Waals surface area contributed by atoms with Crippen molar-refractivity contribution < 1.29 is 14.4 Å². The molecule has 0 radical (unpaired) electrons. The van der Waals surface area contributed by atoms with Crippen molar-refractivity contribution in [2.75, 3.05) is 6.54 Å². The van der Waals surface area contributed by atoms with Crippen molar-refractivity contribution in [3.63, 3.8) is 0 Å². The highest BCUT2D eigenvalue weighted by molar-refractivity contribution is 5.34. The van der Waals surface area contributed by atoms with Crippen LogP contribution in [0.1, 0.15) is 11.1 Å². The van der Waals surface area contributed by atoms with Gasteiger partial charge in [-0.15, -0.1) is 0 Å². The lowest BCUT2D eigenvalue weighted by Gasteiger charge is -2.07. The summed E-state index contributed by atoms with van der Waals surface area (Å²) in [5.41, 5.74) is 1.53. The number of halogens is 1. The summed E-state index contributed by atoms with van der Waals surface area (Å²) in [7, 11) is 0. The highest BCUT2D eigenvalue weighted by Crippen LogP contribution is 2.20. The van der Waals surface area contributed by atoms with Crippen LogP contribution in [0.2, 0.25) is 0 Å². The maximum Gasteiger partial charge on any atom is 0.269 e. The van der Waals surface area contributed by atoms with Gasteiger partial charge in [0, 0.05) is 24.2 Å². The molecule has 110 valence electrons. The Labute approximate surface area is 121 Å². The van der Waals surface area contributed by atoms with E-state index in [-0.39, 0.29) is 11.4 Å². The highest BCUT2D eigenvalue weighted by atomic mass is 19.1. The molecule has 0 aromatic heterocycles. The Morgan fingerprint density at radius 2 is 1.90 bits per heavy atom. The van der Waals surface area contributed by atoms with Crippen LogP contribution in [0.15, 0.2) is 42.5 Å². The number of non-ortho nitro benzene ring substituents is 1. The van der Waals surface area contributed by atoms with Gasteiger partial charge in [-0.25, -0.2) is 4.39 Å². The van der Waals surface area contributed by atoms with Gasteiger partial charge in [0.05, 0.1) is 4.92 Å². The van der Waals surface area contributed by atoms with Crippen LogP contribution < -0.4 is 5.32 Å². The first-order valence-corrected chi connectivity index (χ1v) is 6.48. The van der Waals surface area contributed by atoms with Crippen molar-refractivity contribution in [1.29, 1.82) is 0 Å². The average Bonchev–Trinajstić information content (AvgIpc) is 2.48. The number of nitro benzene ring substituents is 1. The number of nitro groups is 1. The van der Waals surface area contributed by atoms with Gasteiger partial charge < -0.3 is 10.4 Å². The molecule has 0 saturated heterocycles. The van der Waals surface area contributed by atoms with E-state index in [2.05, 4.69) is 5.32 Å². The average molecular weight is 290 g/mol. The summed E-state index contributed by atoms with van der Waals surface area (Å²) in [5, 5.41) is 23.1. The second-order valence-electron chi connectivity index (χ2n) is 4.60. The molecule has 6 heteroatoms. The van der Waals surface area contributed by atoms with Gasteiger partial charge in [0.25, 0.3) is 5.69 Å². The van der Waals surface area contributed by atoms with Crippen LogP contribution in [0.3, 0.4) is 0 Å². The summed E-state index contributed by atoms with van der Waals surface area (Å²) in [6.07, 6.45) is 0.689. The normalized spacial score (nSPS) is 10.5. The number of hydrogen-bond acceptors (Lipinski definition) is 4. The Morgan fingerprint density at radius 1 is 1.19 bits per heavy atom. The summed E-state index contributed by atoms with van der Waals surface area (Å²) in [5.74, 6) is -0.968. The number of phenols is 1. The molecule has 0 aliphatic rings. The molecule has 0 fully saturated rings. The van der Waals surface area contributed by atoms with Gasteiger partial charge in [0.1, 0.15) is 0 Å². The lowest BCUT2D eigenvalue weighted by Crippen LogP contribution is -2.16. The van der Waals surface area contributed by atoms with E-state index in [1.165, 1.54) is 18.2 Å². The maximum absolute atomic E-state index is 13.1. The third-order valence-electron chi connectivity index (χ3n) is 3.12. The van der Waals surface area contributed by atoms with Gasteiger partial charge in [-0.2, -0.15) is 0 Å². The molecule has 0 aliphatic heterocycles. The highest BCUT2D eigenvalue weighted by Gasteiger charge is 2.06. The molecule has 0 aliphatic carbocycles. The maximum atomic E-state index is 13.1. The topological polar surface area (TPSA) is 75.4 Å². The molecule has 0 bridgehead atoms. The Bertz CT molecular complexity index is 629. The predicted molar refractivity (Wildman–Crippen MR) is 76.6 cm³/mol. The molecule has 0 amide bonds. The molecule has 2 aromatic rings. The van der Waals surface area contributed by atoms with E-state index < -0.39 is 10.7 Å². The largest absolute Gasteiger partial charge is 0.505 e. The predicted octanol–water partition coefficient (Wildman–Crippen LogP) is 2.77. The van der Waals surface area contributed by atoms with Crippen LogP contribution >= 0.6 is 0 Å². The first kappa shape index (κ1) is 14.9. The summed E-state index contributed by atoms with van der Waals surface area (Å²) in [6, 6.07) is 10.7. The number of benzene rings is 2. The zero-order chi connectivity index (χ0) is 15.2. The fourth-order valence-electron chi connectivity index (χ4n) is 1.94. The van der Waals surface area contributed by atoms with E-state index in [1.54, 1.807) is 24.3 Å². The first-order valence-electron chi connectivity index (χ1n) is 6.48. The van der Waals surface area contributed by atoms with Crippen molar-refractivity contribution in [2.24, 2.45) is 0 Å². The van der Waals surface area contributed by atoms with Gasteiger partial charge in [0.15, 0.2) is 11.6 Å². The summed E-state index contributed by atoms with van der Waals surface area (Å²) < 4.78 is 13.1. The van der Waals surface area contributed by atoms with Crippen LogP contribution in [-0.2, 0) is 13.0 Å². The van der Waals surface area contributed by atoms with Crippen LogP contribution in [0.25, 0.3) is 0 Å². The van der Waals surface area contributed by atoms with Gasteiger partial charge in [-0.3, -0.25) is 10.1 Å². The van der Waals surface area contributed by atoms with Crippen LogP contribution in [-0.4, -0.2) is 16.6 Å². The molecule has 2 rings (SSSR count).